The summed E-state index contributed by atoms with van der Waals surface area (Å²) < 4.78 is 5.05. The zero-order valence-corrected chi connectivity index (χ0v) is 8.77. The maximum Gasteiger partial charge on any atom is 0.242 e. The number of halogens is 1. The van der Waals surface area contributed by atoms with E-state index < -0.39 is 0 Å². The molecular formula is C10H8ClN3O. The maximum atomic E-state index is 5.54. The molecule has 1 heterocycles. The van der Waals surface area contributed by atoms with Gasteiger partial charge in [-0.15, -0.1) is 10.2 Å². The fourth-order valence-corrected chi connectivity index (χ4v) is 1.24. The van der Waals surface area contributed by atoms with E-state index in [-0.39, 0.29) is 5.28 Å². The molecule has 4 nitrogen and oxygen atoms in total. The van der Waals surface area contributed by atoms with E-state index in [2.05, 4.69) is 15.2 Å². The van der Waals surface area contributed by atoms with Crippen molar-refractivity contribution in [1.29, 1.82) is 0 Å². The van der Waals surface area contributed by atoms with Crippen molar-refractivity contribution in [3.8, 4) is 17.0 Å². The van der Waals surface area contributed by atoms with Crippen LogP contribution in [0.4, 0.5) is 0 Å². The number of nitrogens with zero attached hydrogens (tertiary/aromatic N) is 3. The van der Waals surface area contributed by atoms with E-state index in [1.165, 1.54) is 0 Å². The van der Waals surface area contributed by atoms with E-state index in [1.807, 2.05) is 24.3 Å². The lowest BCUT2D eigenvalue weighted by molar-refractivity contribution is 0.415. The Morgan fingerprint density at radius 2 is 1.87 bits per heavy atom. The Balaban J connectivity index is 2.33. The summed E-state index contributed by atoms with van der Waals surface area (Å²) in [6, 6.07) is 7.48. The molecule has 5 heteroatoms. The van der Waals surface area contributed by atoms with Crippen molar-refractivity contribution in [3.63, 3.8) is 0 Å². The van der Waals surface area contributed by atoms with Crippen molar-refractivity contribution in [2.45, 2.75) is 0 Å². The Kier molecular flexibility index (Phi) is 2.78. The maximum absolute atomic E-state index is 5.54. The first-order valence-corrected chi connectivity index (χ1v) is 4.67. The Labute approximate surface area is 91.9 Å². The zero-order chi connectivity index (χ0) is 10.7. The molecule has 0 saturated heterocycles. The van der Waals surface area contributed by atoms with Crippen molar-refractivity contribution in [3.05, 3.63) is 35.7 Å². The molecule has 0 unspecified atom stereocenters. The molecule has 0 spiro atoms. The second-order valence-corrected chi connectivity index (χ2v) is 3.18. The van der Waals surface area contributed by atoms with E-state index in [4.69, 9.17) is 16.3 Å². The summed E-state index contributed by atoms with van der Waals surface area (Å²) in [6.07, 6.45) is 1.58. The Morgan fingerprint density at radius 1 is 1.13 bits per heavy atom. The van der Waals surface area contributed by atoms with E-state index in [1.54, 1.807) is 13.3 Å². The minimum Gasteiger partial charge on any atom is -0.497 e. The molecule has 15 heavy (non-hydrogen) atoms. The van der Waals surface area contributed by atoms with Crippen LogP contribution < -0.4 is 4.74 Å². The molecule has 1 aromatic carbocycles. The van der Waals surface area contributed by atoms with Gasteiger partial charge in [0.05, 0.1) is 13.3 Å². The van der Waals surface area contributed by atoms with Gasteiger partial charge < -0.3 is 4.74 Å². The largest absolute Gasteiger partial charge is 0.497 e. The van der Waals surface area contributed by atoms with Gasteiger partial charge in [-0.1, -0.05) is 0 Å². The van der Waals surface area contributed by atoms with Crippen molar-refractivity contribution in [1.82, 2.24) is 15.2 Å². The van der Waals surface area contributed by atoms with Gasteiger partial charge in [0.15, 0.2) is 0 Å². The van der Waals surface area contributed by atoms with Gasteiger partial charge in [-0.3, -0.25) is 0 Å². The number of ether oxygens (including phenoxy) is 1. The highest BCUT2D eigenvalue weighted by Crippen LogP contribution is 2.19. The van der Waals surface area contributed by atoms with Gasteiger partial charge in [0.1, 0.15) is 11.4 Å². The second kappa shape index (κ2) is 4.23. The minimum atomic E-state index is 0.146. The van der Waals surface area contributed by atoms with Gasteiger partial charge in [-0.25, -0.2) is 4.98 Å². The Morgan fingerprint density at radius 3 is 2.40 bits per heavy atom. The van der Waals surface area contributed by atoms with E-state index >= 15 is 0 Å². The quantitative estimate of drug-likeness (QED) is 0.780. The number of aromatic nitrogens is 3. The van der Waals surface area contributed by atoms with Gasteiger partial charge in [0, 0.05) is 5.56 Å². The lowest BCUT2D eigenvalue weighted by atomic mass is 10.2. The Bertz CT molecular complexity index is 441. The summed E-state index contributed by atoms with van der Waals surface area (Å²) in [6.45, 7) is 0. The molecule has 2 aromatic rings. The summed E-state index contributed by atoms with van der Waals surface area (Å²) in [5, 5.41) is 7.74. The SMILES string of the molecule is COc1ccc(-c2cnc(Cl)nn2)cc1. The van der Waals surface area contributed by atoms with Crippen molar-refractivity contribution in [2.24, 2.45) is 0 Å². The third kappa shape index (κ3) is 2.22. The Hall–Kier alpha value is -1.68. The molecule has 0 aliphatic rings. The smallest absolute Gasteiger partial charge is 0.242 e. The minimum absolute atomic E-state index is 0.146. The van der Waals surface area contributed by atoms with Crippen LogP contribution in [-0.4, -0.2) is 22.3 Å². The average Bonchev–Trinajstić information content (AvgIpc) is 2.30. The van der Waals surface area contributed by atoms with Gasteiger partial charge in [0.25, 0.3) is 0 Å². The van der Waals surface area contributed by atoms with Crippen LogP contribution in [0, 0.1) is 0 Å². The third-order valence-electron chi connectivity index (χ3n) is 1.92. The van der Waals surface area contributed by atoms with Crippen LogP contribution in [0.15, 0.2) is 30.5 Å². The number of hydrogen-bond donors (Lipinski definition) is 0. The topological polar surface area (TPSA) is 47.9 Å². The first-order chi connectivity index (χ1) is 7.29. The first-order valence-electron chi connectivity index (χ1n) is 4.29. The van der Waals surface area contributed by atoms with Crippen molar-refractivity contribution in [2.75, 3.05) is 7.11 Å². The second-order valence-electron chi connectivity index (χ2n) is 2.84. The molecule has 1 aromatic heterocycles. The standard InChI is InChI=1S/C10H8ClN3O/c1-15-8-4-2-7(3-5-8)9-6-12-10(11)14-13-9/h2-6H,1H3. The summed E-state index contributed by atoms with van der Waals surface area (Å²) in [5.74, 6) is 0.800. The molecular weight excluding hydrogens is 214 g/mol. The van der Waals surface area contributed by atoms with Crippen LogP contribution in [0.1, 0.15) is 0 Å². The lowest BCUT2D eigenvalue weighted by Gasteiger charge is -2.01. The molecule has 0 aliphatic heterocycles. The highest BCUT2D eigenvalue weighted by atomic mass is 35.5. The van der Waals surface area contributed by atoms with E-state index in [0.29, 0.717) is 5.69 Å². The molecule has 0 N–H and O–H groups in total. The zero-order valence-electron chi connectivity index (χ0n) is 8.01. The van der Waals surface area contributed by atoms with Gasteiger partial charge >= 0.3 is 0 Å². The van der Waals surface area contributed by atoms with Gasteiger partial charge in [0.2, 0.25) is 5.28 Å². The van der Waals surface area contributed by atoms with Crippen LogP contribution in [0.5, 0.6) is 5.75 Å². The van der Waals surface area contributed by atoms with E-state index in [0.717, 1.165) is 11.3 Å². The average molecular weight is 222 g/mol. The van der Waals surface area contributed by atoms with Crippen LogP contribution in [0.3, 0.4) is 0 Å². The molecule has 0 radical (unpaired) electrons. The molecule has 0 bridgehead atoms. The third-order valence-corrected chi connectivity index (χ3v) is 2.09. The fourth-order valence-electron chi connectivity index (χ4n) is 1.16. The predicted octanol–water partition coefficient (Wildman–Crippen LogP) is 2.20. The highest BCUT2D eigenvalue weighted by Gasteiger charge is 2.01. The molecule has 76 valence electrons. The number of methoxy groups -OCH3 is 1. The van der Waals surface area contributed by atoms with Crippen LogP contribution in [0.2, 0.25) is 5.28 Å². The molecule has 0 saturated carbocycles. The fraction of sp³-hybridized carbons (Fsp3) is 0.100. The van der Waals surface area contributed by atoms with Crippen molar-refractivity contribution < 1.29 is 4.74 Å². The summed E-state index contributed by atoms with van der Waals surface area (Å²) in [7, 11) is 1.62. The normalized spacial score (nSPS) is 10.0. The number of benzene rings is 1. The van der Waals surface area contributed by atoms with Crippen LogP contribution in [-0.2, 0) is 0 Å². The highest BCUT2D eigenvalue weighted by molar-refractivity contribution is 6.28. The van der Waals surface area contributed by atoms with Gasteiger partial charge in [-0.05, 0) is 35.9 Å². The first kappa shape index (κ1) is 9.86. The van der Waals surface area contributed by atoms with Gasteiger partial charge in [-0.2, -0.15) is 0 Å². The molecule has 2 rings (SSSR count). The summed E-state index contributed by atoms with van der Waals surface area (Å²) >= 11 is 5.54. The lowest BCUT2D eigenvalue weighted by Crippen LogP contribution is -1.90. The molecule has 0 amide bonds. The molecule has 0 atom stereocenters. The van der Waals surface area contributed by atoms with Crippen LogP contribution >= 0.6 is 11.6 Å². The predicted molar refractivity (Wildman–Crippen MR) is 56.8 cm³/mol. The monoisotopic (exact) mass is 221 g/mol. The number of hydrogen-bond acceptors (Lipinski definition) is 4. The van der Waals surface area contributed by atoms with Crippen molar-refractivity contribution >= 4 is 11.6 Å². The van der Waals surface area contributed by atoms with E-state index in [9.17, 15) is 0 Å². The molecule has 0 aliphatic carbocycles. The molecule has 0 fully saturated rings. The summed E-state index contributed by atoms with van der Waals surface area (Å²) in [5.41, 5.74) is 1.61. The summed E-state index contributed by atoms with van der Waals surface area (Å²) in [4.78, 5) is 3.86. The number of rotatable bonds is 2. The van der Waals surface area contributed by atoms with Crippen LogP contribution in [0.25, 0.3) is 11.3 Å².